The lowest BCUT2D eigenvalue weighted by Crippen LogP contribution is -2.38. The molecule has 0 bridgehead atoms. The van der Waals surface area contributed by atoms with Gasteiger partial charge in [-0.05, 0) is 73.1 Å². The highest BCUT2D eigenvalue weighted by molar-refractivity contribution is 6.01. The van der Waals surface area contributed by atoms with E-state index < -0.39 is 39.4 Å². The number of nitrogens with zero attached hydrogens (tertiary/aromatic N) is 2. The number of nitro benzene ring substituents is 1. The van der Waals surface area contributed by atoms with Gasteiger partial charge in [0.25, 0.3) is 11.6 Å². The van der Waals surface area contributed by atoms with Crippen LogP contribution < -0.4 is 5.32 Å². The molecule has 2 fully saturated rings. The number of nitro groups is 1. The molecule has 196 valence electrons. The Morgan fingerprint density at radius 3 is 2.21 bits per heavy atom. The summed E-state index contributed by atoms with van der Waals surface area (Å²) in [6.07, 6.45) is 2.44. The van der Waals surface area contributed by atoms with Crippen LogP contribution in [0.4, 0.5) is 24.5 Å². The number of halogens is 3. The van der Waals surface area contributed by atoms with Crippen molar-refractivity contribution in [2.45, 2.75) is 37.0 Å². The molecule has 1 aliphatic heterocycles. The van der Waals surface area contributed by atoms with Crippen molar-refractivity contribution in [1.29, 1.82) is 0 Å². The molecule has 2 aliphatic rings. The third-order valence-corrected chi connectivity index (χ3v) is 7.42. The van der Waals surface area contributed by atoms with Gasteiger partial charge in [0.15, 0.2) is 11.6 Å². The molecule has 0 radical (unpaired) electrons. The Kier molecular flexibility index (Phi) is 6.64. The van der Waals surface area contributed by atoms with Crippen molar-refractivity contribution in [3.63, 3.8) is 0 Å². The van der Waals surface area contributed by atoms with Gasteiger partial charge >= 0.3 is 0 Å². The van der Waals surface area contributed by atoms with E-state index in [9.17, 15) is 32.9 Å². The van der Waals surface area contributed by atoms with Crippen molar-refractivity contribution in [2.24, 2.45) is 0 Å². The summed E-state index contributed by atoms with van der Waals surface area (Å²) < 4.78 is 40.8. The average Bonchev–Trinajstić information content (AvgIpc) is 3.72. The van der Waals surface area contributed by atoms with Crippen molar-refractivity contribution < 1.29 is 27.7 Å². The molecule has 0 spiro atoms. The molecule has 0 aromatic heterocycles. The number of hydrogen-bond acceptors (Lipinski definition) is 4. The Labute approximate surface area is 216 Å². The first-order chi connectivity index (χ1) is 18.2. The summed E-state index contributed by atoms with van der Waals surface area (Å²) in [5, 5.41) is 13.9. The predicted octanol–water partition coefficient (Wildman–Crippen LogP) is 5.70. The maximum absolute atomic E-state index is 13.8. The number of anilines is 1. The van der Waals surface area contributed by atoms with Gasteiger partial charge in [0.2, 0.25) is 5.91 Å². The third-order valence-electron chi connectivity index (χ3n) is 7.42. The molecule has 1 heterocycles. The van der Waals surface area contributed by atoms with Crippen LogP contribution in [0.5, 0.6) is 0 Å². The van der Waals surface area contributed by atoms with Crippen LogP contribution in [-0.4, -0.2) is 34.7 Å². The fourth-order valence-corrected chi connectivity index (χ4v) is 5.06. The summed E-state index contributed by atoms with van der Waals surface area (Å²) in [4.78, 5) is 37.6. The summed E-state index contributed by atoms with van der Waals surface area (Å²) in [5.74, 6) is -3.30. The van der Waals surface area contributed by atoms with Gasteiger partial charge in [-0.1, -0.05) is 18.2 Å². The Balaban J connectivity index is 1.19. The highest BCUT2D eigenvalue weighted by Gasteiger charge is 2.51. The molecule has 1 saturated carbocycles. The average molecular weight is 524 g/mol. The molecule has 2 amide bonds. The number of likely N-dealkylation sites (tertiary alicyclic amines) is 1. The van der Waals surface area contributed by atoms with E-state index in [0.29, 0.717) is 50.0 Å². The first-order valence-electron chi connectivity index (χ1n) is 12.3. The molecule has 1 aliphatic carbocycles. The Morgan fingerprint density at radius 1 is 0.921 bits per heavy atom. The fraction of sp³-hybridized carbons (Fsp3) is 0.286. The second-order valence-electron chi connectivity index (χ2n) is 9.81. The van der Waals surface area contributed by atoms with Gasteiger partial charge in [0, 0.05) is 30.4 Å². The van der Waals surface area contributed by atoms with E-state index in [4.69, 9.17) is 0 Å². The van der Waals surface area contributed by atoms with E-state index >= 15 is 0 Å². The van der Waals surface area contributed by atoms with Gasteiger partial charge in [-0.2, -0.15) is 0 Å². The van der Waals surface area contributed by atoms with Gasteiger partial charge in [0.1, 0.15) is 5.82 Å². The fourth-order valence-electron chi connectivity index (χ4n) is 5.06. The summed E-state index contributed by atoms with van der Waals surface area (Å²) in [6, 6.07) is 13.8. The molecule has 3 aromatic rings. The number of benzene rings is 3. The first-order valence-corrected chi connectivity index (χ1v) is 12.3. The van der Waals surface area contributed by atoms with E-state index in [1.165, 1.54) is 6.07 Å². The molecular formula is C28H24F3N3O4. The molecule has 10 heteroatoms. The van der Waals surface area contributed by atoms with Gasteiger partial charge in [-0.3, -0.25) is 19.7 Å². The number of piperidine rings is 1. The van der Waals surface area contributed by atoms with Crippen LogP contribution in [0.15, 0.2) is 60.7 Å². The Morgan fingerprint density at radius 2 is 1.61 bits per heavy atom. The smallest absolute Gasteiger partial charge is 0.273 e. The molecule has 38 heavy (non-hydrogen) atoms. The number of carbonyl (C=O) groups excluding carboxylic acids is 2. The zero-order chi connectivity index (χ0) is 27.0. The number of carbonyl (C=O) groups is 2. The monoisotopic (exact) mass is 523 g/mol. The Hall–Kier alpha value is -4.21. The number of nitrogens with one attached hydrogen (secondary N) is 1. The van der Waals surface area contributed by atoms with E-state index in [1.807, 2.05) is 12.1 Å². The normalized spacial score (nSPS) is 16.7. The van der Waals surface area contributed by atoms with E-state index in [0.717, 1.165) is 35.9 Å². The SMILES string of the molecule is O=C(c1cc(F)cc([N+](=O)[O-])c1)N1CCC(c2ccc(NC(=O)C3(c4ccc(F)c(F)c4)CC3)cc2)CC1. The minimum Gasteiger partial charge on any atom is -0.339 e. The molecular weight excluding hydrogens is 499 g/mol. The topological polar surface area (TPSA) is 92.5 Å². The van der Waals surface area contributed by atoms with Crippen LogP contribution in [0.3, 0.4) is 0 Å². The molecule has 1 N–H and O–H groups in total. The quantitative estimate of drug-likeness (QED) is 0.331. The summed E-state index contributed by atoms with van der Waals surface area (Å²) >= 11 is 0. The van der Waals surface area contributed by atoms with E-state index in [2.05, 4.69) is 5.32 Å². The number of hydrogen-bond donors (Lipinski definition) is 1. The highest BCUT2D eigenvalue weighted by Crippen LogP contribution is 2.49. The zero-order valence-electron chi connectivity index (χ0n) is 20.3. The van der Waals surface area contributed by atoms with Crippen LogP contribution in [0.1, 0.15) is 53.1 Å². The van der Waals surface area contributed by atoms with E-state index in [-0.39, 0.29) is 17.4 Å². The van der Waals surface area contributed by atoms with Crippen molar-refractivity contribution >= 4 is 23.2 Å². The van der Waals surface area contributed by atoms with Crippen molar-refractivity contribution in [3.8, 4) is 0 Å². The summed E-state index contributed by atoms with van der Waals surface area (Å²) in [7, 11) is 0. The van der Waals surface area contributed by atoms with Gasteiger partial charge in [-0.25, -0.2) is 13.2 Å². The number of rotatable bonds is 6. The van der Waals surface area contributed by atoms with Crippen molar-refractivity contribution in [1.82, 2.24) is 4.90 Å². The van der Waals surface area contributed by atoms with Crippen molar-refractivity contribution in [2.75, 3.05) is 18.4 Å². The van der Waals surface area contributed by atoms with Gasteiger partial charge < -0.3 is 10.2 Å². The summed E-state index contributed by atoms with van der Waals surface area (Å²) in [5.41, 5.74) is 0.722. The van der Waals surface area contributed by atoms with Gasteiger partial charge in [-0.15, -0.1) is 0 Å². The largest absolute Gasteiger partial charge is 0.339 e. The summed E-state index contributed by atoms with van der Waals surface area (Å²) in [6.45, 7) is 0.839. The lowest BCUT2D eigenvalue weighted by atomic mass is 9.89. The second-order valence-corrected chi connectivity index (χ2v) is 9.81. The van der Waals surface area contributed by atoms with Crippen LogP contribution >= 0.6 is 0 Å². The molecule has 0 unspecified atom stereocenters. The molecule has 3 aromatic carbocycles. The van der Waals surface area contributed by atoms with Crippen LogP contribution in [0, 0.1) is 27.6 Å². The van der Waals surface area contributed by atoms with E-state index in [1.54, 1.807) is 17.0 Å². The molecule has 1 saturated heterocycles. The zero-order valence-corrected chi connectivity index (χ0v) is 20.3. The van der Waals surface area contributed by atoms with Crippen molar-refractivity contribution in [3.05, 3.63) is 105 Å². The first kappa shape index (κ1) is 25.4. The highest BCUT2D eigenvalue weighted by atomic mass is 19.2. The van der Waals surface area contributed by atoms with Crippen LogP contribution in [-0.2, 0) is 10.2 Å². The van der Waals surface area contributed by atoms with Gasteiger partial charge in [0.05, 0.1) is 16.4 Å². The number of non-ortho nitro benzene ring substituents is 1. The maximum atomic E-state index is 13.8. The third kappa shape index (κ3) is 4.98. The predicted molar refractivity (Wildman–Crippen MR) is 133 cm³/mol. The molecule has 0 atom stereocenters. The standard InChI is InChI=1S/C28H24F3N3O4/c29-21-13-19(14-23(16-21)34(37)38)26(35)33-11-7-18(8-12-33)17-1-4-22(5-2-17)32-27(36)28(9-10-28)20-3-6-24(30)25(31)15-20/h1-6,13-16,18H,7-12H2,(H,32,36). The lowest BCUT2D eigenvalue weighted by molar-refractivity contribution is -0.385. The molecule has 5 rings (SSSR count). The lowest BCUT2D eigenvalue weighted by Gasteiger charge is -2.32. The minimum atomic E-state index is -0.976. The minimum absolute atomic E-state index is 0.0490. The number of amides is 2. The second kappa shape index (κ2) is 9.92. The van der Waals surface area contributed by atoms with Crippen LogP contribution in [0.2, 0.25) is 0 Å². The Bertz CT molecular complexity index is 1420. The van der Waals surface area contributed by atoms with Crippen LogP contribution in [0.25, 0.3) is 0 Å². The maximum Gasteiger partial charge on any atom is 0.273 e. The molecule has 7 nitrogen and oxygen atoms in total.